The van der Waals surface area contributed by atoms with Crippen LogP contribution >= 0.6 is 0 Å². The lowest BCUT2D eigenvalue weighted by Gasteiger charge is -2.05. The summed E-state index contributed by atoms with van der Waals surface area (Å²) < 4.78 is 4.71. The van der Waals surface area contributed by atoms with Crippen molar-refractivity contribution in [3.05, 3.63) is 50.3 Å². The number of esters is 1. The van der Waals surface area contributed by atoms with Crippen LogP contribution in [0.2, 0.25) is 0 Å². The molecule has 0 amide bonds. The molecule has 0 atom stereocenters. The van der Waals surface area contributed by atoms with E-state index < -0.39 is 27.7 Å². The fourth-order valence-corrected chi connectivity index (χ4v) is 1.75. The maximum absolute atomic E-state index is 12.0. The summed E-state index contributed by atoms with van der Waals surface area (Å²) in [5.41, 5.74) is -1.68. The summed E-state index contributed by atoms with van der Waals surface area (Å²) in [6.07, 6.45) is 0. The summed E-state index contributed by atoms with van der Waals surface area (Å²) in [6, 6.07) is 6.25. The number of aromatic nitrogens is 1. The maximum Gasteiger partial charge on any atom is 0.362 e. The molecule has 7 heteroatoms. The second-order valence-electron chi connectivity index (χ2n) is 3.70. The predicted molar refractivity (Wildman–Crippen MR) is 67.2 cm³/mol. The van der Waals surface area contributed by atoms with Crippen LogP contribution in [0.4, 0.5) is 5.69 Å². The molecule has 7 nitrogen and oxygen atoms in total. The Morgan fingerprint density at radius 3 is 2.74 bits per heavy atom. The van der Waals surface area contributed by atoms with Crippen LogP contribution in [0.3, 0.4) is 0 Å². The zero-order chi connectivity index (χ0) is 14.0. The number of carbonyl (C=O) groups excluding carboxylic acids is 1. The third-order valence-corrected chi connectivity index (χ3v) is 2.55. The van der Waals surface area contributed by atoms with Crippen molar-refractivity contribution in [2.75, 3.05) is 6.61 Å². The number of aromatic amines is 1. The van der Waals surface area contributed by atoms with Gasteiger partial charge in [0.25, 0.3) is 5.43 Å². The van der Waals surface area contributed by atoms with Crippen molar-refractivity contribution in [3.8, 4) is 0 Å². The highest BCUT2D eigenvalue weighted by Gasteiger charge is 2.27. The average Bonchev–Trinajstić information content (AvgIpc) is 2.38. The molecular formula is C12H10N2O5. The van der Waals surface area contributed by atoms with E-state index in [1.165, 1.54) is 6.07 Å². The maximum atomic E-state index is 12.0. The standard InChI is InChI=1S/C12H10N2O5/c1-2-19-12(16)9-10(14(17)18)11(15)7-5-3-4-6-8(7)13-9/h3-6H,2H2,1H3,(H,13,15). The van der Waals surface area contributed by atoms with Gasteiger partial charge in [-0.1, -0.05) is 12.1 Å². The van der Waals surface area contributed by atoms with E-state index in [1.54, 1.807) is 25.1 Å². The van der Waals surface area contributed by atoms with Crippen LogP contribution in [0.25, 0.3) is 10.9 Å². The number of carbonyl (C=O) groups is 1. The smallest absolute Gasteiger partial charge is 0.362 e. The molecule has 0 saturated heterocycles. The molecule has 19 heavy (non-hydrogen) atoms. The number of nitrogens with one attached hydrogen (secondary N) is 1. The van der Waals surface area contributed by atoms with Crippen LogP contribution in [-0.4, -0.2) is 22.5 Å². The number of rotatable bonds is 3. The van der Waals surface area contributed by atoms with Crippen molar-refractivity contribution < 1.29 is 14.5 Å². The second kappa shape index (κ2) is 4.89. The molecule has 0 radical (unpaired) electrons. The second-order valence-corrected chi connectivity index (χ2v) is 3.70. The Hall–Kier alpha value is -2.70. The van der Waals surface area contributed by atoms with E-state index in [4.69, 9.17) is 4.74 Å². The summed E-state index contributed by atoms with van der Waals surface area (Å²) in [7, 11) is 0. The number of ether oxygens (including phenoxy) is 1. The summed E-state index contributed by atoms with van der Waals surface area (Å²) in [5, 5.41) is 11.1. The minimum atomic E-state index is -0.919. The normalized spacial score (nSPS) is 10.4. The molecule has 0 spiro atoms. The Bertz CT molecular complexity index is 720. The third-order valence-electron chi connectivity index (χ3n) is 2.55. The number of H-pyrrole nitrogens is 1. The Morgan fingerprint density at radius 2 is 2.11 bits per heavy atom. The number of nitro groups is 1. The first-order valence-electron chi connectivity index (χ1n) is 5.52. The SMILES string of the molecule is CCOC(=O)c1[nH]c2ccccc2c(=O)c1[N+](=O)[O-]. The van der Waals surface area contributed by atoms with Crippen molar-refractivity contribution in [1.29, 1.82) is 0 Å². The molecule has 0 aliphatic carbocycles. The van der Waals surface area contributed by atoms with Crippen molar-refractivity contribution >= 4 is 22.6 Å². The fourth-order valence-electron chi connectivity index (χ4n) is 1.75. The summed E-state index contributed by atoms with van der Waals surface area (Å²) in [5.74, 6) is -0.919. The zero-order valence-electron chi connectivity index (χ0n) is 10.0. The van der Waals surface area contributed by atoms with E-state index in [0.717, 1.165) is 0 Å². The van der Waals surface area contributed by atoms with Crippen LogP contribution in [0.15, 0.2) is 29.1 Å². The van der Waals surface area contributed by atoms with Gasteiger partial charge in [-0.2, -0.15) is 0 Å². The van der Waals surface area contributed by atoms with Crippen LogP contribution in [0.5, 0.6) is 0 Å². The molecule has 1 heterocycles. The van der Waals surface area contributed by atoms with Gasteiger partial charge in [-0.25, -0.2) is 4.79 Å². The quantitative estimate of drug-likeness (QED) is 0.514. The molecule has 0 unspecified atom stereocenters. The van der Waals surface area contributed by atoms with E-state index >= 15 is 0 Å². The molecular weight excluding hydrogens is 252 g/mol. The van der Waals surface area contributed by atoms with Crippen molar-refractivity contribution in [2.45, 2.75) is 6.92 Å². The van der Waals surface area contributed by atoms with E-state index in [9.17, 15) is 19.7 Å². The molecule has 0 bridgehead atoms. The van der Waals surface area contributed by atoms with Gasteiger partial charge in [-0.15, -0.1) is 0 Å². The number of fused-ring (bicyclic) bond motifs is 1. The van der Waals surface area contributed by atoms with Gasteiger partial charge in [0.2, 0.25) is 5.69 Å². The predicted octanol–water partition coefficient (Wildman–Crippen LogP) is 1.61. The third kappa shape index (κ3) is 2.17. The first-order valence-corrected chi connectivity index (χ1v) is 5.52. The lowest BCUT2D eigenvalue weighted by atomic mass is 10.1. The average molecular weight is 262 g/mol. The van der Waals surface area contributed by atoms with Gasteiger partial charge in [-0.05, 0) is 19.1 Å². The number of pyridine rings is 1. The molecule has 1 N–H and O–H groups in total. The van der Waals surface area contributed by atoms with Gasteiger partial charge in [0, 0.05) is 0 Å². The van der Waals surface area contributed by atoms with E-state index in [1.807, 2.05) is 0 Å². The lowest BCUT2D eigenvalue weighted by Crippen LogP contribution is -2.18. The number of benzene rings is 1. The van der Waals surface area contributed by atoms with Gasteiger partial charge in [-0.3, -0.25) is 14.9 Å². The number of para-hydroxylation sites is 1. The first kappa shape index (κ1) is 12.7. The van der Waals surface area contributed by atoms with Crippen molar-refractivity contribution in [2.24, 2.45) is 0 Å². The topological polar surface area (TPSA) is 102 Å². The van der Waals surface area contributed by atoms with Crippen molar-refractivity contribution in [1.82, 2.24) is 4.98 Å². The number of hydrogen-bond acceptors (Lipinski definition) is 5. The summed E-state index contributed by atoms with van der Waals surface area (Å²) >= 11 is 0. The number of nitrogens with zero attached hydrogens (tertiary/aromatic N) is 1. The van der Waals surface area contributed by atoms with Gasteiger partial charge in [0.05, 0.1) is 22.4 Å². The molecule has 0 aliphatic heterocycles. The monoisotopic (exact) mass is 262 g/mol. The Kier molecular flexibility index (Phi) is 3.28. The number of hydrogen-bond donors (Lipinski definition) is 1. The highest BCUT2D eigenvalue weighted by atomic mass is 16.6. The van der Waals surface area contributed by atoms with E-state index in [-0.39, 0.29) is 12.0 Å². The molecule has 0 fully saturated rings. The van der Waals surface area contributed by atoms with Crippen LogP contribution in [0, 0.1) is 10.1 Å². The fraction of sp³-hybridized carbons (Fsp3) is 0.167. The first-order chi connectivity index (χ1) is 9.06. The van der Waals surface area contributed by atoms with E-state index in [0.29, 0.717) is 5.52 Å². The lowest BCUT2D eigenvalue weighted by molar-refractivity contribution is -0.386. The molecule has 0 saturated carbocycles. The van der Waals surface area contributed by atoms with Gasteiger partial charge < -0.3 is 9.72 Å². The van der Waals surface area contributed by atoms with E-state index in [2.05, 4.69) is 4.98 Å². The molecule has 0 aliphatic rings. The van der Waals surface area contributed by atoms with Crippen molar-refractivity contribution in [3.63, 3.8) is 0 Å². The largest absolute Gasteiger partial charge is 0.461 e. The highest BCUT2D eigenvalue weighted by molar-refractivity contribution is 5.95. The molecule has 1 aromatic carbocycles. The zero-order valence-corrected chi connectivity index (χ0v) is 10.0. The Balaban J connectivity index is 2.82. The minimum absolute atomic E-state index is 0.0604. The molecule has 2 rings (SSSR count). The molecule has 98 valence electrons. The van der Waals surface area contributed by atoms with Gasteiger partial charge in [0.15, 0.2) is 0 Å². The van der Waals surface area contributed by atoms with Crippen LogP contribution in [-0.2, 0) is 4.74 Å². The summed E-state index contributed by atoms with van der Waals surface area (Å²) in [4.78, 5) is 36.4. The minimum Gasteiger partial charge on any atom is -0.461 e. The molecule has 2 aromatic rings. The van der Waals surface area contributed by atoms with Gasteiger partial charge >= 0.3 is 11.7 Å². The highest BCUT2D eigenvalue weighted by Crippen LogP contribution is 2.17. The summed E-state index contributed by atoms with van der Waals surface area (Å²) in [6.45, 7) is 1.63. The van der Waals surface area contributed by atoms with Crippen LogP contribution < -0.4 is 5.43 Å². The molecule has 1 aromatic heterocycles. The Morgan fingerprint density at radius 1 is 1.42 bits per heavy atom. The van der Waals surface area contributed by atoms with Crippen LogP contribution in [0.1, 0.15) is 17.4 Å². The van der Waals surface area contributed by atoms with Gasteiger partial charge in [0.1, 0.15) is 0 Å². The Labute approximate surface area is 107 Å².